The second-order valence-corrected chi connectivity index (χ2v) is 4.82. The predicted octanol–water partition coefficient (Wildman–Crippen LogP) is 2.57. The van der Waals surface area contributed by atoms with Crippen LogP contribution in [0.1, 0.15) is 38.5 Å². The maximum atomic E-state index is 5.64. The number of hydrogen-bond acceptors (Lipinski definition) is 3. The molecule has 0 spiro atoms. The molecule has 0 amide bonds. The lowest BCUT2D eigenvalue weighted by atomic mass is 9.94. The highest BCUT2D eigenvalue weighted by atomic mass is 15.2. The molecule has 3 heteroatoms. The van der Waals surface area contributed by atoms with E-state index in [9.17, 15) is 0 Å². The third-order valence-corrected chi connectivity index (χ3v) is 3.56. The van der Waals surface area contributed by atoms with Gasteiger partial charge in [-0.05, 0) is 37.9 Å². The van der Waals surface area contributed by atoms with Gasteiger partial charge in [-0.1, -0.05) is 25.3 Å². The molecule has 0 aliphatic heterocycles. The predicted molar refractivity (Wildman–Crippen MR) is 72.1 cm³/mol. The largest absolute Gasteiger partial charge is 0.354 e. The minimum Gasteiger partial charge on any atom is -0.354 e. The summed E-state index contributed by atoms with van der Waals surface area (Å²) >= 11 is 0. The Morgan fingerprint density at radius 3 is 2.71 bits per heavy atom. The maximum Gasteiger partial charge on any atom is 0.128 e. The van der Waals surface area contributed by atoms with Crippen LogP contribution >= 0.6 is 0 Å². The van der Waals surface area contributed by atoms with Crippen molar-refractivity contribution in [1.29, 1.82) is 0 Å². The molecule has 1 heterocycles. The van der Waals surface area contributed by atoms with Gasteiger partial charge in [0.1, 0.15) is 5.82 Å². The molecule has 0 atom stereocenters. The van der Waals surface area contributed by atoms with Crippen LogP contribution < -0.4 is 10.6 Å². The van der Waals surface area contributed by atoms with Crippen molar-refractivity contribution in [2.45, 2.75) is 44.6 Å². The summed E-state index contributed by atoms with van der Waals surface area (Å²) in [5.41, 5.74) is 5.64. The van der Waals surface area contributed by atoms with Gasteiger partial charge in [0.15, 0.2) is 0 Å². The minimum absolute atomic E-state index is 0.671. The van der Waals surface area contributed by atoms with E-state index in [1.165, 1.54) is 32.1 Å². The van der Waals surface area contributed by atoms with Crippen molar-refractivity contribution < 1.29 is 0 Å². The lowest BCUT2D eigenvalue weighted by Gasteiger charge is -2.35. The van der Waals surface area contributed by atoms with Crippen LogP contribution in [0.4, 0.5) is 5.82 Å². The number of nitrogens with zero attached hydrogens (tertiary/aromatic N) is 2. The minimum atomic E-state index is 0.671. The standard InChI is InChI=1S/C14H23N3/c15-10-6-12-17(13-7-2-1-3-8-13)14-9-4-5-11-16-14/h4-5,9,11,13H,1-3,6-8,10,12,15H2. The Morgan fingerprint density at radius 1 is 1.24 bits per heavy atom. The molecule has 0 radical (unpaired) electrons. The summed E-state index contributed by atoms with van der Waals surface area (Å²) in [6.07, 6.45) is 9.65. The van der Waals surface area contributed by atoms with E-state index in [0.717, 1.165) is 25.3 Å². The number of hydrogen-bond donors (Lipinski definition) is 1. The zero-order valence-corrected chi connectivity index (χ0v) is 10.5. The van der Waals surface area contributed by atoms with Gasteiger partial charge in [0, 0.05) is 18.8 Å². The van der Waals surface area contributed by atoms with Gasteiger partial charge in [0.25, 0.3) is 0 Å². The Kier molecular flexibility index (Phi) is 4.80. The van der Waals surface area contributed by atoms with E-state index in [-0.39, 0.29) is 0 Å². The van der Waals surface area contributed by atoms with Crippen molar-refractivity contribution in [2.24, 2.45) is 5.73 Å². The fourth-order valence-electron chi connectivity index (χ4n) is 2.66. The molecule has 1 aliphatic carbocycles. The van der Waals surface area contributed by atoms with Gasteiger partial charge in [-0.25, -0.2) is 4.98 Å². The van der Waals surface area contributed by atoms with Crippen LogP contribution in [0, 0.1) is 0 Å². The summed E-state index contributed by atoms with van der Waals surface area (Å²) < 4.78 is 0. The maximum absolute atomic E-state index is 5.64. The molecule has 1 saturated carbocycles. The first-order chi connectivity index (χ1) is 8.42. The Morgan fingerprint density at radius 2 is 2.06 bits per heavy atom. The van der Waals surface area contributed by atoms with Crippen LogP contribution in [-0.4, -0.2) is 24.1 Å². The van der Waals surface area contributed by atoms with Gasteiger partial charge >= 0.3 is 0 Å². The van der Waals surface area contributed by atoms with Crippen LogP contribution in [0.25, 0.3) is 0 Å². The normalized spacial score (nSPS) is 17.0. The summed E-state index contributed by atoms with van der Waals surface area (Å²) in [7, 11) is 0. The van der Waals surface area contributed by atoms with E-state index in [2.05, 4.69) is 22.0 Å². The summed E-state index contributed by atoms with van der Waals surface area (Å²) in [6.45, 7) is 1.80. The van der Waals surface area contributed by atoms with E-state index >= 15 is 0 Å². The first-order valence-electron chi connectivity index (χ1n) is 6.79. The lowest BCUT2D eigenvalue weighted by molar-refractivity contribution is 0.411. The molecule has 0 aromatic carbocycles. The topological polar surface area (TPSA) is 42.1 Å². The summed E-state index contributed by atoms with van der Waals surface area (Å²) in [4.78, 5) is 6.96. The fourth-order valence-corrected chi connectivity index (χ4v) is 2.66. The fraction of sp³-hybridized carbons (Fsp3) is 0.643. The van der Waals surface area contributed by atoms with Crippen molar-refractivity contribution in [1.82, 2.24) is 4.98 Å². The molecule has 3 nitrogen and oxygen atoms in total. The first-order valence-corrected chi connectivity index (χ1v) is 6.79. The molecule has 1 aromatic rings. The van der Waals surface area contributed by atoms with Crippen LogP contribution in [0.2, 0.25) is 0 Å². The number of aromatic nitrogens is 1. The summed E-state index contributed by atoms with van der Waals surface area (Å²) in [6, 6.07) is 6.84. The molecule has 0 saturated heterocycles. The van der Waals surface area contributed by atoms with Gasteiger partial charge in [-0.2, -0.15) is 0 Å². The molecular weight excluding hydrogens is 210 g/mol. The number of rotatable bonds is 5. The molecule has 0 unspecified atom stereocenters. The highest BCUT2D eigenvalue weighted by Crippen LogP contribution is 2.26. The Balaban J connectivity index is 2.06. The SMILES string of the molecule is NCCCN(c1ccccn1)C1CCCCC1. The van der Waals surface area contributed by atoms with Crippen LogP contribution in [0.5, 0.6) is 0 Å². The van der Waals surface area contributed by atoms with E-state index in [1.54, 1.807) is 0 Å². The zero-order chi connectivity index (χ0) is 11.9. The molecule has 1 aliphatic rings. The smallest absolute Gasteiger partial charge is 0.128 e. The lowest BCUT2D eigenvalue weighted by Crippen LogP contribution is -2.38. The third kappa shape index (κ3) is 3.43. The second kappa shape index (κ2) is 6.60. The average Bonchev–Trinajstić information content (AvgIpc) is 2.42. The van der Waals surface area contributed by atoms with Gasteiger partial charge in [0.2, 0.25) is 0 Å². The zero-order valence-electron chi connectivity index (χ0n) is 10.5. The van der Waals surface area contributed by atoms with E-state index < -0.39 is 0 Å². The van der Waals surface area contributed by atoms with Crippen LogP contribution in [-0.2, 0) is 0 Å². The van der Waals surface area contributed by atoms with Crippen LogP contribution in [0.3, 0.4) is 0 Å². The van der Waals surface area contributed by atoms with E-state index in [4.69, 9.17) is 5.73 Å². The quantitative estimate of drug-likeness (QED) is 0.850. The number of nitrogens with two attached hydrogens (primary N) is 1. The van der Waals surface area contributed by atoms with E-state index in [1.807, 2.05) is 12.3 Å². The molecule has 1 fully saturated rings. The Labute approximate surface area is 104 Å². The van der Waals surface area contributed by atoms with Crippen molar-refractivity contribution in [3.63, 3.8) is 0 Å². The van der Waals surface area contributed by atoms with Crippen molar-refractivity contribution in [3.8, 4) is 0 Å². The van der Waals surface area contributed by atoms with Gasteiger partial charge in [-0.3, -0.25) is 0 Å². The van der Waals surface area contributed by atoms with Crippen molar-refractivity contribution in [3.05, 3.63) is 24.4 Å². The first kappa shape index (κ1) is 12.4. The third-order valence-electron chi connectivity index (χ3n) is 3.56. The molecule has 2 N–H and O–H groups in total. The van der Waals surface area contributed by atoms with Crippen LogP contribution in [0.15, 0.2) is 24.4 Å². The summed E-state index contributed by atoms with van der Waals surface area (Å²) in [5.74, 6) is 1.12. The van der Waals surface area contributed by atoms with Crippen molar-refractivity contribution in [2.75, 3.05) is 18.0 Å². The van der Waals surface area contributed by atoms with Gasteiger partial charge < -0.3 is 10.6 Å². The van der Waals surface area contributed by atoms with Gasteiger partial charge in [0.05, 0.1) is 0 Å². The summed E-state index contributed by atoms with van der Waals surface area (Å²) in [5, 5.41) is 0. The van der Waals surface area contributed by atoms with E-state index in [0.29, 0.717) is 6.04 Å². The molecular formula is C14H23N3. The molecule has 17 heavy (non-hydrogen) atoms. The van der Waals surface area contributed by atoms with Gasteiger partial charge in [-0.15, -0.1) is 0 Å². The monoisotopic (exact) mass is 233 g/mol. The molecule has 0 bridgehead atoms. The highest BCUT2D eigenvalue weighted by Gasteiger charge is 2.21. The molecule has 2 rings (SSSR count). The highest BCUT2D eigenvalue weighted by molar-refractivity contribution is 5.39. The number of anilines is 1. The Bertz CT molecular complexity index is 307. The van der Waals surface area contributed by atoms with Crippen molar-refractivity contribution >= 4 is 5.82 Å². The number of pyridine rings is 1. The molecule has 1 aromatic heterocycles. The Hall–Kier alpha value is -1.09. The second-order valence-electron chi connectivity index (χ2n) is 4.82. The molecule has 94 valence electrons. The average molecular weight is 233 g/mol.